The molecular weight excluding hydrogens is 403 g/mol. The van der Waals surface area contributed by atoms with Crippen LogP contribution in [0.3, 0.4) is 0 Å². The van der Waals surface area contributed by atoms with Gasteiger partial charge in [-0.3, -0.25) is 14.4 Å². The zero-order valence-electron chi connectivity index (χ0n) is 16.4. The molecule has 1 aromatic carbocycles. The summed E-state index contributed by atoms with van der Waals surface area (Å²) in [4.78, 5) is 37.2. The largest absolute Gasteiger partial charge is 0.455 e. The minimum absolute atomic E-state index is 0.0604. The number of nitrogens with one attached hydrogen (secondary N) is 2. The summed E-state index contributed by atoms with van der Waals surface area (Å²) in [5, 5.41) is 6.20. The van der Waals surface area contributed by atoms with Crippen LogP contribution in [0.25, 0.3) is 0 Å². The Morgan fingerprint density at radius 3 is 2.36 bits per heavy atom. The number of hydrogen-bond donors (Lipinski definition) is 2. The topological polar surface area (TPSA) is 84.5 Å². The maximum Gasteiger partial charge on any atom is 0.313 e. The SMILES string of the molecule is CC(C)(C)NC(=O)CC1(C(=O)OCC(=O)Nc2cc(Cl)ccc2Cl)CCCC1. The van der Waals surface area contributed by atoms with Crippen molar-refractivity contribution >= 4 is 46.7 Å². The summed E-state index contributed by atoms with van der Waals surface area (Å²) in [6.07, 6.45) is 2.91. The van der Waals surface area contributed by atoms with Crippen molar-refractivity contribution in [2.45, 2.75) is 58.4 Å². The molecule has 1 saturated carbocycles. The van der Waals surface area contributed by atoms with E-state index in [-0.39, 0.29) is 17.9 Å². The molecule has 0 spiro atoms. The summed E-state index contributed by atoms with van der Waals surface area (Å²) in [5.41, 5.74) is -0.907. The van der Waals surface area contributed by atoms with E-state index >= 15 is 0 Å². The zero-order chi connectivity index (χ0) is 20.9. The third-order valence-corrected chi connectivity index (χ3v) is 5.11. The van der Waals surface area contributed by atoms with E-state index in [1.165, 1.54) is 6.07 Å². The van der Waals surface area contributed by atoms with Gasteiger partial charge < -0.3 is 15.4 Å². The molecule has 154 valence electrons. The predicted molar refractivity (Wildman–Crippen MR) is 109 cm³/mol. The van der Waals surface area contributed by atoms with E-state index in [1.807, 2.05) is 20.8 Å². The summed E-state index contributed by atoms with van der Waals surface area (Å²) in [6.45, 7) is 5.20. The molecule has 2 amide bonds. The molecular formula is C20H26Cl2N2O4. The lowest BCUT2D eigenvalue weighted by atomic mass is 9.82. The molecule has 0 atom stereocenters. The first-order chi connectivity index (χ1) is 13.0. The van der Waals surface area contributed by atoms with Crippen LogP contribution in [0.15, 0.2) is 18.2 Å². The number of rotatable bonds is 6. The van der Waals surface area contributed by atoms with Crippen LogP contribution in [0, 0.1) is 5.41 Å². The number of carbonyl (C=O) groups excluding carboxylic acids is 3. The summed E-state index contributed by atoms with van der Waals surface area (Å²) in [5.74, 6) is -1.23. The molecule has 1 aliphatic carbocycles. The van der Waals surface area contributed by atoms with E-state index in [4.69, 9.17) is 27.9 Å². The summed E-state index contributed by atoms with van der Waals surface area (Å²) in [6, 6.07) is 4.68. The first kappa shape index (κ1) is 22.5. The van der Waals surface area contributed by atoms with Gasteiger partial charge in [0.1, 0.15) is 0 Å². The van der Waals surface area contributed by atoms with Gasteiger partial charge in [-0.05, 0) is 51.8 Å². The fourth-order valence-corrected chi connectivity index (χ4v) is 3.68. The maximum atomic E-state index is 12.7. The maximum absolute atomic E-state index is 12.7. The third-order valence-electron chi connectivity index (χ3n) is 4.54. The molecule has 1 fully saturated rings. The highest BCUT2D eigenvalue weighted by Crippen LogP contribution is 2.42. The molecule has 8 heteroatoms. The monoisotopic (exact) mass is 428 g/mol. The van der Waals surface area contributed by atoms with Crippen LogP contribution in [0.4, 0.5) is 5.69 Å². The smallest absolute Gasteiger partial charge is 0.313 e. The van der Waals surface area contributed by atoms with Crippen molar-refractivity contribution in [3.8, 4) is 0 Å². The highest BCUT2D eigenvalue weighted by atomic mass is 35.5. The minimum atomic E-state index is -0.872. The van der Waals surface area contributed by atoms with Crippen molar-refractivity contribution in [3.63, 3.8) is 0 Å². The summed E-state index contributed by atoms with van der Waals surface area (Å²) < 4.78 is 5.26. The molecule has 0 radical (unpaired) electrons. The van der Waals surface area contributed by atoms with Gasteiger partial charge in [-0.2, -0.15) is 0 Å². The van der Waals surface area contributed by atoms with Gasteiger partial charge in [0.15, 0.2) is 6.61 Å². The first-order valence-corrected chi connectivity index (χ1v) is 9.99. The van der Waals surface area contributed by atoms with Crippen LogP contribution in [-0.2, 0) is 19.1 Å². The first-order valence-electron chi connectivity index (χ1n) is 9.24. The predicted octanol–water partition coefficient (Wildman–Crippen LogP) is 4.34. The molecule has 0 unspecified atom stereocenters. The van der Waals surface area contributed by atoms with Crippen LogP contribution in [0.5, 0.6) is 0 Å². The fourth-order valence-electron chi connectivity index (χ4n) is 3.34. The lowest BCUT2D eigenvalue weighted by molar-refractivity contribution is -0.160. The van der Waals surface area contributed by atoms with Crippen molar-refractivity contribution in [1.82, 2.24) is 5.32 Å². The Labute approximate surface area is 175 Å². The van der Waals surface area contributed by atoms with E-state index in [2.05, 4.69) is 10.6 Å². The Bertz CT molecular complexity index is 753. The van der Waals surface area contributed by atoms with Gasteiger partial charge >= 0.3 is 5.97 Å². The molecule has 1 aliphatic rings. The van der Waals surface area contributed by atoms with Crippen molar-refractivity contribution in [2.24, 2.45) is 5.41 Å². The van der Waals surface area contributed by atoms with Gasteiger partial charge in [-0.25, -0.2) is 0 Å². The molecule has 28 heavy (non-hydrogen) atoms. The van der Waals surface area contributed by atoms with E-state index in [0.717, 1.165) is 12.8 Å². The number of ether oxygens (including phenoxy) is 1. The second kappa shape index (κ2) is 9.14. The van der Waals surface area contributed by atoms with Crippen LogP contribution in [-0.4, -0.2) is 29.9 Å². The van der Waals surface area contributed by atoms with Crippen molar-refractivity contribution in [3.05, 3.63) is 28.2 Å². The highest BCUT2D eigenvalue weighted by Gasteiger charge is 2.44. The molecule has 2 N–H and O–H groups in total. The van der Waals surface area contributed by atoms with Crippen LogP contribution in [0.2, 0.25) is 10.0 Å². The number of esters is 1. The Kier molecular flexibility index (Phi) is 7.34. The van der Waals surface area contributed by atoms with Crippen molar-refractivity contribution in [2.75, 3.05) is 11.9 Å². The van der Waals surface area contributed by atoms with E-state index < -0.39 is 23.9 Å². The third kappa shape index (κ3) is 6.38. The van der Waals surface area contributed by atoms with Gasteiger partial charge in [-0.1, -0.05) is 36.0 Å². The number of carbonyl (C=O) groups is 3. The Morgan fingerprint density at radius 2 is 1.75 bits per heavy atom. The van der Waals surface area contributed by atoms with Crippen molar-refractivity contribution in [1.29, 1.82) is 0 Å². The zero-order valence-corrected chi connectivity index (χ0v) is 17.9. The lowest BCUT2D eigenvalue weighted by Gasteiger charge is -2.28. The Morgan fingerprint density at radius 1 is 1.11 bits per heavy atom. The van der Waals surface area contributed by atoms with Gasteiger partial charge in [0.2, 0.25) is 5.91 Å². The molecule has 0 saturated heterocycles. The highest BCUT2D eigenvalue weighted by molar-refractivity contribution is 6.35. The Hall–Kier alpha value is -1.79. The summed E-state index contributed by atoms with van der Waals surface area (Å²) in [7, 11) is 0. The number of halogens is 2. The lowest BCUT2D eigenvalue weighted by Crippen LogP contribution is -2.44. The number of anilines is 1. The molecule has 0 aromatic heterocycles. The normalized spacial score (nSPS) is 15.8. The molecule has 0 heterocycles. The second-order valence-electron chi connectivity index (χ2n) is 8.21. The average Bonchev–Trinajstić information content (AvgIpc) is 3.03. The number of benzene rings is 1. The Balaban J connectivity index is 1.95. The van der Waals surface area contributed by atoms with Gasteiger partial charge in [0.05, 0.1) is 16.1 Å². The van der Waals surface area contributed by atoms with E-state index in [9.17, 15) is 14.4 Å². The van der Waals surface area contributed by atoms with Crippen LogP contribution < -0.4 is 10.6 Å². The second-order valence-corrected chi connectivity index (χ2v) is 9.05. The molecule has 0 aliphatic heterocycles. The molecule has 2 rings (SSSR count). The van der Waals surface area contributed by atoms with E-state index in [0.29, 0.717) is 28.6 Å². The standard InChI is InChI=1S/C20H26Cl2N2O4/c1-19(2,3)24-16(25)11-20(8-4-5-9-20)18(27)28-12-17(26)23-15-10-13(21)6-7-14(15)22/h6-7,10H,4-5,8-9,11-12H2,1-3H3,(H,23,26)(H,24,25). The molecule has 0 bridgehead atoms. The van der Waals surface area contributed by atoms with Crippen LogP contribution >= 0.6 is 23.2 Å². The van der Waals surface area contributed by atoms with Gasteiger partial charge in [0, 0.05) is 17.0 Å². The van der Waals surface area contributed by atoms with E-state index in [1.54, 1.807) is 12.1 Å². The fraction of sp³-hybridized carbons (Fsp3) is 0.550. The average molecular weight is 429 g/mol. The quantitative estimate of drug-likeness (QED) is 0.659. The number of hydrogen-bond acceptors (Lipinski definition) is 4. The van der Waals surface area contributed by atoms with Gasteiger partial charge in [-0.15, -0.1) is 0 Å². The van der Waals surface area contributed by atoms with Crippen LogP contribution in [0.1, 0.15) is 52.9 Å². The minimum Gasteiger partial charge on any atom is -0.455 e. The molecule has 1 aromatic rings. The summed E-state index contributed by atoms with van der Waals surface area (Å²) >= 11 is 11.9. The van der Waals surface area contributed by atoms with Crippen molar-refractivity contribution < 1.29 is 19.1 Å². The molecule has 6 nitrogen and oxygen atoms in total. The number of amides is 2. The van der Waals surface area contributed by atoms with Gasteiger partial charge in [0.25, 0.3) is 5.91 Å².